The Morgan fingerprint density at radius 3 is 2.42 bits per heavy atom. The Morgan fingerprint density at radius 1 is 0.968 bits per heavy atom. The summed E-state index contributed by atoms with van der Waals surface area (Å²) in [5.41, 5.74) is 3.43. The van der Waals surface area contributed by atoms with Gasteiger partial charge < -0.3 is 20.1 Å². The van der Waals surface area contributed by atoms with Crippen molar-refractivity contribution in [1.82, 2.24) is 0 Å². The van der Waals surface area contributed by atoms with Crippen LogP contribution in [0.4, 0.5) is 15.8 Å². The van der Waals surface area contributed by atoms with Crippen LogP contribution in [0.25, 0.3) is 0 Å². The number of anilines is 2. The van der Waals surface area contributed by atoms with Crippen molar-refractivity contribution in [2.45, 2.75) is 20.4 Å². The summed E-state index contributed by atoms with van der Waals surface area (Å²) in [6.45, 7) is 4.67. The van der Waals surface area contributed by atoms with E-state index in [9.17, 15) is 9.18 Å². The second-order valence-corrected chi connectivity index (χ2v) is 7.28. The molecule has 3 aromatic carbocycles. The molecule has 5 nitrogen and oxygen atoms in total. The van der Waals surface area contributed by atoms with Crippen LogP contribution >= 0.6 is 11.6 Å². The quantitative estimate of drug-likeness (QED) is 0.438. The average Bonchev–Trinajstić information content (AvgIpc) is 2.76. The molecule has 0 radical (unpaired) electrons. The Balaban J connectivity index is 1.60. The van der Waals surface area contributed by atoms with Crippen LogP contribution in [0, 0.1) is 12.7 Å². The minimum absolute atomic E-state index is 0.198. The number of hydrogen-bond donors (Lipinski definition) is 2. The number of benzene rings is 3. The highest BCUT2D eigenvalue weighted by atomic mass is 35.5. The van der Waals surface area contributed by atoms with Gasteiger partial charge in [0.2, 0.25) is 0 Å². The highest BCUT2D eigenvalue weighted by Crippen LogP contribution is 2.29. The zero-order valence-corrected chi connectivity index (χ0v) is 18.1. The molecule has 3 rings (SSSR count). The van der Waals surface area contributed by atoms with E-state index in [1.807, 2.05) is 44.2 Å². The van der Waals surface area contributed by atoms with E-state index in [1.165, 1.54) is 24.3 Å². The number of carbonyl (C=O) groups excluding carboxylic acids is 1. The highest BCUT2D eigenvalue weighted by Gasteiger charge is 2.10. The maximum absolute atomic E-state index is 13.0. The standard InChI is InChI=1S/C24H24ClFN2O3/c1-3-30-23-12-17(14-27-20-8-4-16(2)21(25)13-20)5-11-22(23)31-15-24(29)28-19-9-6-18(26)7-10-19/h4-13,27H,3,14-15H2,1-2H3,(H,28,29). The number of rotatable bonds is 9. The summed E-state index contributed by atoms with van der Waals surface area (Å²) in [7, 11) is 0. The molecule has 0 aromatic heterocycles. The van der Waals surface area contributed by atoms with Crippen LogP contribution in [0.1, 0.15) is 18.1 Å². The van der Waals surface area contributed by atoms with Crippen molar-refractivity contribution in [2.75, 3.05) is 23.8 Å². The smallest absolute Gasteiger partial charge is 0.262 e. The van der Waals surface area contributed by atoms with Crippen molar-refractivity contribution < 1.29 is 18.7 Å². The minimum Gasteiger partial charge on any atom is -0.490 e. The Labute approximate surface area is 186 Å². The van der Waals surface area contributed by atoms with E-state index in [0.29, 0.717) is 35.4 Å². The molecular weight excluding hydrogens is 419 g/mol. The van der Waals surface area contributed by atoms with Crippen molar-refractivity contribution in [3.63, 3.8) is 0 Å². The van der Waals surface area contributed by atoms with Gasteiger partial charge in [0.1, 0.15) is 5.82 Å². The van der Waals surface area contributed by atoms with Crippen LogP contribution in [0.2, 0.25) is 5.02 Å². The molecule has 0 aliphatic carbocycles. The second kappa shape index (κ2) is 10.7. The van der Waals surface area contributed by atoms with Crippen molar-refractivity contribution in [3.8, 4) is 11.5 Å². The van der Waals surface area contributed by atoms with Crippen LogP contribution in [-0.2, 0) is 11.3 Å². The fourth-order valence-corrected chi connectivity index (χ4v) is 3.01. The predicted octanol–water partition coefficient (Wildman–Crippen LogP) is 5.82. The molecule has 7 heteroatoms. The number of nitrogens with one attached hydrogen (secondary N) is 2. The topological polar surface area (TPSA) is 59.6 Å². The number of hydrogen-bond acceptors (Lipinski definition) is 4. The SMILES string of the molecule is CCOc1cc(CNc2ccc(C)c(Cl)c2)ccc1OCC(=O)Nc1ccc(F)cc1. The first kappa shape index (κ1) is 22.4. The zero-order valence-electron chi connectivity index (χ0n) is 17.4. The summed E-state index contributed by atoms with van der Waals surface area (Å²) in [5, 5.41) is 6.70. The third kappa shape index (κ3) is 6.62. The number of halogens is 2. The lowest BCUT2D eigenvalue weighted by atomic mass is 10.2. The third-order valence-electron chi connectivity index (χ3n) is 4.46. The van der Waals surface area contributed by atoms with Crippen LogP contribution in [0.5, 0.6) is 11.5 Å². The number of aryl methyl sites for hydroxylation is 1. The molecule has 0 aliphatic rings. The maximum Gasteiger partial charge on any atom is 0.262 e. The third-order valence-corrected chi connectivity index (χ3v) is 4.87. The predicted molar refractivity (Wildman–Crippen MR) is 122 cm³/mol. The van der Waals surface area contributed by atoms with Crippen molar-refractivity contribution in [2.24, 2.45) is 0 Å². The van der Waals surface area contributed by atoms with Gasteiger partial charge in [-0.2, -0.15) is 0 Å². The van der Waals surface area contributed by atoms with Gasteiger partial charge in [-0.1, -0.05) is 23.7 Å². The Hall–Kier alpha value is -3.25. The van der Waals surface area contributed by atoms with Crippen LogP contribution in [0.3, 0.4) is 0 Å². The average molecular weight is 443 g/mol. The Bertz CT molecular complexity index is 1040. The summed E-state index contributed by atoms with van der Waals surface area (Å²) in [6, 6.07) is 16.9. The van der Waals surface area contributed by atoms with Gasteiger partial charge in [-0.25, -0.2) is 4.39 Å². The molecule has 31 heavy (non-hydrogen) atoms. The lowest BCUT2D eigenvalue weighted by Crippen LogP contribution is -2.20. The van der Waals surface area contributed by atoms with Gasteiger partial charge in [-0.3, -0.25) is 4.79 Å². The van der Waals surface area contributed by atoms with E-state index in [4.69, 9.17) is 21.1 Å². The molecule has 3 aromatic rings. The number of ether oxygens (including phenoxy) is 2. The normalized spacial score (nSPS) is 10.5. The largest absolute Gasteiger partial charge is 0.490 e. The fourth-order valence-electron chi connectivity index (χ4n) is 2.83. The van der Waals surface area contributed by atoms with Gasteiger partial charge in [0.25, 0.3) is 5.91 Å². The first-order valence-electron chi connectivity index (χ1n) is 9.88. The molecular formula is C24H24ClFN2O3. The molecule has 0 spiro atoms. The monoisotopic (exact) mass is 442 g/mol. The summed E-state index contributed by atoms with van der Waals surface area (Å²) < 4.78 is 24.3. The molecule has 162 valence electrons. The molecule has 0 heterocycles. The molecule has 0 saturated carbocycles. The van der Waals surface area contributed by atoms with Gasteiger partial charge in [-0.05, 0) is 73.5 Å². The lowest BCUT2D eigenvalue weighted by Gasteiger charge is -2.14. The summed E-state index contributed by atoms with van der Waals surface area (Å²) in [5.74, 6) is 0.309. The van der Waals surface area contributed by atoms with E-state index in [0.717, 1.165) is 16.8 Å². The molecule has 0 bridgehead atoms. The van der Waals surface area contributed by atoms with Crippen LogP contribution in [0.15, 0.2) is 60.7 Å². The molecule has 0 unspecified atom stereocenters. The van der Waals surface area contributed by atoms with Crippen LogP contribution in [-0.4, -0.2) is 19.1 Å². The first-order chi connectivity index (χ1) is 14.9. The minimum atomic E-state index is -0.365. The van der Waals surface area contributed by atoms with Crippen LogP contribution < -0.4 is 20.1 Å². The van der Waals surface area contributed by atoms with Gasteiger partial charge >= 0.3 is 0 Å². The number of carbonyl (C=O) groups is 1. The van der Waals surface area contributed by atoms with Crippen molar-refractivity contribution >= 4 is 28.9 Å². The molecule has 2 N–H and O–H groups in total. The molecule has 0 aliphatic heterocycles. The van der Waals surface area contributed by atoms with E-state index in [1.54, 1.807) is 6.07 Å². The zero-order chi connectivity index (χ0) is 22.2. The Kier molecular flexibility index (Phi) is 7.73. The fraction of sp³-hybridized carbons (Fsp3) is 0.208. The van der Waals surface area contributed by atoms with Gasteiger partial charge in [0.05, 0.1) is 6.61 Å². The molecule has 0 atom stereocenters. The molecule has 1 amide bonds. The highest BCUT2D eigenvalue weighted by molar-refractivity contribution is 6.31. The van der Waals surface area contributed by atoms with Gasteiger partial charge in [0, 0.05) is 22.9 Å². The van der Waals surface area contributed by atoms with Gasteiger partial charge in [-0.15, -0.1) is 0 Å². The number of amides is 1. The van der Waals surface area contributed by atoms with Gasteiger partial charge in [0.15, 0.2) is 18.1 Å². The molecule has 0 saturated heterocycles. The van der Waals surface area contributed by atoms with Crippen molar-refractivity contribution in [1.29, 1.82) is 0 Å². The Morgan fingerprint density at radius 2 is 1.71 bits per heavy atom. The second-order valence-electron chi connectivity index (χ2n) is 6.88. The van der Waals surface area contributed by atoms with E-state index < -0.39 is 0 Å². The van der Waals surface area contributed by atoms with Crippen molar-refractivity contribution in [3.05, 3.63) is 82.6 Å². The maximum atomic E-state index is 13.0. The summed E-state index contributed by atoms with van der Waals surface area (Å²) in [4.78, 5) is 12.1. The lowest BCUT2D eigenvalue weighted by molar-refractivity contribution is -0.118. The van der Waals surface area contributed by atoms with E-state index in [2.05, 4.69) is 10.6 Å². The van der Waals surface area contributed by atoms with E-state index in [-0.39, 0.29) is 18.3 Å². The first-order valence-corrected chi connectivity index (χ1v) is 10.3. The summed E-state index contributed by atoms with van der Waals surface area (Å²) >= 11 is 6.18. The van der Waals surface area contributed by atoms with E-state index >= 15 is 0 Å². The molecule has 0 fully saturated rings. The summed E-state index contributed by atoms with van der Waals surface area (Å²) in [6.07, 6.45) is 0.